The van der Waals surface area contributed by atoms with Gasteiger partial charge in [0.25, 0.3) is 0 Å². The third kappa shape index (κ3) is 1.64. The van der Waals surface area contributed by atoms with Gasteiger partial charge in [0.15, 0.2) is 0 Å². The minimum absolute atomic E-state index is 0.168. The topological polar surface area (TPSA) is 55.4 Å². The Morgan fingerprint density at radius 3 is 2.43 bits per heavy atom. The SMILES string of the molecule is O=C1NC(=Cc2ccccc2)C(=O)O1. The largest absolute Gasteiger partial charge is 0.419 e. The number of hydrogen-bond donors (Lipinski definition) is 1. The van der Waals surface area contributed by atoms with Crippen molar-refractivity contribution in [1.82, 2.24) is 5.32 Å². The average Bonchev–Trinajstić information content (AvgIpc) is 2.47. The van der Waals surface area contributed by atoms with Gasteiger partial charge in [-0.15, -0.1) is 0 Å². The molecular weight excluding hydrogens is 182 g/mol. The van der Waals surface area contributed by atoms with E-state index in [1.54, 1.807) is 6.08 Å². The van der Waals surface area contributed by atoms with Crippen molar-refractivity contribution in [3.63, 3.8) is 0 Å². The molecular formula is C10H7NO3. The van der Waals surface area contributed by atoms with Crippen molar-refractivity contribution in [1.29, 1.82) is 0 Å². The molecule has 70 valence electrons. The standard InChI is InChI=1S/C10H7NO3/c12-9-8(11-10(13)14-9)6-7-4-2-1-3-5-7/h1-6H,(H,11,13). The van der Waals surface area contributed by atoms with Crippen LogP contribution in [0.25, 0.3) is 6.08 Å². The van der Waals surface area contributed by atoms with Crippen molar-refractivity contribution >= 4 is 18.1 Å². The van der Waals surface area contributed by atoms with Crippen molar-refractivity contribution < 1.29 is 14.3 Å². The Morgan fingerprint density at radius 1 is 1.14 bits per heavy atom. The molecule has 1 aliphatic rings. The summed E-state index contributed by atoms with van der Waals surface area (Å²) in [5.41, 5.74) is 1.00. The molecule has 0 saturated carbocycles. The number of benzene rings is 1. The van der Waals surface area contributed by atoms with Crippen LogP contribution in [0.4, 0.5) is 4.79 Å². The summed E-state index contributed by atoms with van der Waals surface area (Å²) in [6.45, 7) is 0. The van der Waals surface area contributed by atoms with Gasteiger partial charge in [0.2, 0.25) is 0 Å². The molecule has 1 saturated heterocycles. The molecule has 0 aliphatic carbocycles. The van der Waals surface area contributed by atoms with Crippen LogP contribution in [0.1, 0.15) is 5.56 Å². The summed E-state index contributed by atoms with van der Waals surface area (Å²) in [7, 11) is 0. The number of amides is 1. The molecule has 0 spiro atoms. The number of carbonyl (C=O) groups is 2. The van der Waals surface area contributed by atoms with Crippen LogP contribution < -0.4 is 5.32 Å². The monoisotopic (exact) mass is 189 g/mol. The summed E-state index contributed by atoms with van der Waals surface area (Å²) >= 11 is 0. The Labute approximate surface area is 80.2 Å². The van der Waals surface area contributed by atoms with Gasteiger partial charge >= 0.3 is 12.1 Å². The molecule has 1 fully saturated rings. The highest BCUT2D eigenvalue weighted by molar-refractivity contribution is 6.06. The molecule has 4 heteroatoms. The van der Waals surface area contributed by atoms with Crippen LogP contribution in [0.5, 0.6) is 0 Å². The van der Waals surface area contributed by atoms with Crippen LogP contribution in [-0.4, -0.2) is 12.1 Å². The van der Waals surface area contributed by atoms with Crippen LogP contribution in [0.2, 0.25) is 0 Å². The van der Waals surface area contributed by atoms with Crippen LogP contribution in [0.3, 0.4) is 0 Å². The maximum Gasteiger partial charge on any atom is 0.419 e. The first kappa shape index (κ1) is 8.50. The minimum Gasteiger partial charge on any atom is -0.371 e. The quantitative estimate of drug-likeness (QED) is 0.411. The highest BCUT2D eigenvalue weighted by atomic mass is 16.6. The summed E-state index contributed by atoms with van der Waals surface area (Å²) in [5, 5.41) is 2.30. The number of nitrogens with one attached hydrogen (secondary N) is 1. The number of rotatable bonds is 1. The zero-order chi connectivity index (χ0) is 9.97. The van der Waals surface area contributed by atoms with Crippen LogP contribution in [0.15, 0.2) is 36.0 Å². The third-order valence-electron chi connectivity index (χ3n) is 1.75. The van der Waals surface area contributed by atoms with Gasteiger partial charge in [-0.1, -0.05) is 30.3 Å². The summed E-state index contributed by atoms with van der Waals surface area (Å²) in [6, 6.07) is 9.20. The number of hydrogen-bond acceptors (Lipinski definition) is 3. The van der Waals surface area contributed by atoms with Gasteiger partial charge < -0.3 is 4.74 Å². The van der Waals surface area contributed by atoms with Gasteiger partial charge in [0.1, 0.15) is 5.70 Å². The van der Waals surface area contributed by atoms with Crippen molar-refractivity contribution in [2.45, 2.75) is 0 Å². The second-order valence-electron chi connectivity index (χ2n) is 2.77. The Balaban J connectivity index is 2.28. The average molecular weight is 189 g/mol. The van der Waals surface area contributed by atoms with E-state index in [-0.39, 0.29) is 5.70 Å². The molecule has 4 nitrogen and oxygen atoms in total. The van der Waals surface area contributed by atoms with Crippen molar-refractivity contribution in [2.75, 3.05) is 0 Å². The molecule has 2 rings (SSSR count). The molecule has 1 amide bonds. The third-order valence-corrected chi connectivity index (χ3v) is 1.75. The first-order valence-electron chi connectivity index (χ1n) is 4.05. The van der Waals surface area contributed by atoms with Gasteiger partial charge in [-0.25, -0.2) is 9.59 Å². The molecule has 1 aromatic rings. The Kier molecular flexibility index (Phi) is 2.02. The Bertz CT molecular complexity index is 409. The van der Waals surface area contributed by atoms with Gasteiger partial charge in [-0.2, -0.15) is 0 Å². The molecule has 0 unspecified atom stereocenters. The van der Waals surface area contributed by atoms with E-state index in [1.807, 2.05) is 30.3 Å². The van der Waals surface area contributed by atoms with E-state index in [0.717, 1.165) is 5.56 Å². The summed E-state index contributed by atoms with van der Waals surface area (Å²) in [6.07, 6.45) is 0.838. The molecule has 1 aromatic carbocycles. The lowest BCUT2D eigenvalue weighted by atomic mass is 10.2. The molecule has 1 aliphatic heterocycles. The maximum absolute atomic E-state index is 11.0. The molecule has 0 radical (unpaired) electrons. The van der Waals surface area contributed by atoms with E-state index in [1.165, 1.54) is 0 Å². The number of esters is 1. The minimum atomic E-state index is -0.725. The zero-order valence-electron chi connectivity index (χ0n) is 7.19. The van der Waals surface area contributed by atoms with Crippen LogP contribution >= 0.6 is 0 Å². The maximum atomic E-state index is 11.0. The molecule has 1 heterocycles. The predicted octanol–water partition coefficient (Wildman–Crippen LogP) is 1.29. The fourth-order valence-corrected chi connectivity index (χ4v) is 1.14. The lowest BCUT2D eigenvalue weighted by Crippen LogP contribution is -2.11. The van der Waals surface area contributed by atoms with Gasteiger partial charge in [-0.05, 0) is 11.6 Å². The molecule has 0 atom stereocenters. The van der Waals surface area contributed by atoms with E-state index >= 15 is 0 Å². The Morgan fingerprint density at radius 2 is 1.86 bits per heavy atom. The molecule has 0 bridgehead atoms. The Hall–Kier alpha value is -2.10. The number of cyclic esters (lactones) is 2. The number of ether oxygens (including phenoxy) is 1. The fraction of sp³-hybridized carbons (Fsp3) is 0. The van der Waals surface area contributed by atoms with Crippen molar-refractivity contribution in [3.05, 3.63) is 41.6 Å². The summed E-state index contributed by atoms with van der Waals surface area (Å²) in [5.74, 6) is -0.640. The predicted molar refractivity (Wildman–Crippen MR) is 49.0 cm³/mol. The lowest BCUT2D eigenvalue weighted by molar-refractivity contribution is -0.130. The second kappa shape index (κ2) is 3.33. The van der Waals surface area contributed by atoms with Crippen molar-refractivity contribution in [3.8, 4) is 0 Å². The smallest absolute Gasteiger partial charge is 0.371 e. The van der Waals surface area contributed by atoms with Gasteiger partial charge in [-0.3, -0.25) is 5.32 Å². The van der Waals surface area contributed by atoms with E-state index in [4.69, 9.17) is 0 Å². The summed E-state index contributed by atoms with van der Waals surface area (Å²) < 4.78 is 4.29. The normalized spacial score (nSPS) is 18.1. The molecule has 0 aromatic heterocycles. The van der Waals surface area contributed by atoms with Gasteiger partial charge in [0.05, 0.1) is 0 Å². The number of carbonyl (C=O) groups excluding carboxylic acids is 2. The fourth-order valence-electron chi connectivity index (χ4n) is 1.14. The van der Waals surface area contributed by atoms with E-state index in [2.05, 4.69) is 10.1 Å². The highest BCUT2D eigenvalue weighted by Crippen LogP contribution is 2.10. The van der Waals surface area contributed by atoms with Crippen LogP contribution in [-0.2, 0) is 9.53 Å². The van der Waals surface area contributed by atoms with Crippen LogP contribution in [0, 0.1) is 0 Å². The second-order valence-corrected chi connectivity index (χ2v) is 2.77. The number of alkyl carbamates (subject to hydrolysis) is 1. The van der Waals surface area contributed by atoms with E-state index < -0.39 is 12.1 Å². The van der Waals surface area contributed by atoms with E-state index in [9.17, 15) is 9.59 Å². The first-order valence-corrected chi connectivity index (χ1v) is 4.05. The molecule has 1 N–H and O–H groups in total. The molecule has 14 heavy (non-hydrogen) atoms. The zero-order valence-corrected chi connectivity index (χ0v) is 7.19. The van der Waals surface area contributed by atoms with E-state index in [0.29, 0.717) is 0 Å². The van der Waals surface area contributed by atoms with Gasteiger partial charge in [0, 0.05) is 0 Å². The van der Waals surface area contributed by atoms with Crippen molar-refractivity contribution in [2.24, 2.45) is 0 Å². The lowest BCUT2D eigenvalue weighted by Gasteiger charge is -1.92. The highest BCUT2D eigenvalue weighted by Gasteiger charge is 2.25. The summed E-state index contributed by atoms with van der Waals surface area (Å²) in [4.78, 5) is 21.7. The first-order chi connectivity index (χ1) is 6.75.